The molecule has 0 aromatic rings. The fraction of sp³-hybridized carbons (Fsp3) is 1.00. The van der Waals surface area contributed by atoms with Crippen molar-refractivity contribution in [3.05, 3.63) is 0 Å². The van der Waals surface area contributed by atoms with Gasteiger partial charge in [-0.25, -0.2) is 0 Å². The van der Waals surface area contributed by atoms with Crippen LogP contribution in [0, 0.1) is 0 Å². The molecule has 0 aliphatic heterocycles. The summed E-state index contributed by atoms with van der Waals surface area (Å²) in [6.07, 6.45) is 5.52. The summed E-state index contributed by atoms with van der Waals surface area (Å²) >= 11 is 3.84. The molecule has 16 heavy (non-hydrogen) atoms. The van der Waals surface area contributed by atoms with Gasteiger partial charge >= 0.3 is 0 Å². The lowest BCUT2D eigenvalue weighted by Gasteiger charge is -2.36. The summed E-state index contributed by atoms with van der Waals surface area (Å²) in [5.74, 6) is 0. The highest BCUT2D eigenvalue weighted by Crippen LogP contribution is 2.27. The van der Waals surface area contributed by atoms with Crippen molar-refractivity contribution in [2.24, 2.45) is 0 Å². The third kappa shape index (κ3) is 4.34. The summed E-state index contributed by atoms with van der Waals surface area (Å²) < 4.78 is 0. The minimum Gasteiger partial charge on any atom is -0.303 e. The van der Waals surface area contributed by atoms with Gasteiger partial charge < -0.3 is 9.80 Å². The van der Waals surface area contributed by atoms with Crippen molar-refractivity contribution in [1.82, 2.24) is 9.80 Å². The second kappa shape index (κ2) is 7.67. The normalized spacial score (nSPS) is 26.6. The van der Waals surface area contributed by atoms with E-state index < -0.39 is 0 Å². The van der Waals surface area contributed by atoms with E-state index in [9.17, 15) is 0 Å². The first-order chi connectivity index (χ1) is 7.69. The zero-order valence-electron chi connectivity index (χ0n) is 11.1. The molecule has 2 unspecified atom stereocenters. The van der Waals surface area contributed by atoms with Crippen molar-refractivity contribution < 1.29 is 0 Å². The first-order valence-corrected chi connectivity index (χ1v) is 7.67. The topological polar surface area (TPSA) is 6.48 Å². The van der Waals surface area contributed by atoms with Gasteiger partial charge in [0.1, 0.15) is 0 Å². The largest absolute Gasteiger partial charge is 0.303 e. The summed E-state index contributed by atoms with van der Waals surface area (Å²) in [7, 11) is 2.29. The fourth-order valence-corrected chi connectivity index (χ4v) is 3.56. The maximum Gasteiger partial charge on any atom is 0.0301 e. The molecular formula is C13H27BrN2. The van der Waals surface area contributed by atoms with Gasteiger partial charge in [-0.15, -0.1) is 0 Å². The van der Waals surface area contributed by atoms with E-state index in [4.69, 9.17) is 0 Å². The van der Waals surface area contributed by atoms with E-state index >= 15 is 0 Å². The fourth-order valence-electron chi connectivity index (χ4n) is 2.57. The lowest BCUT2D eigenvalue weighted by molar-refractivity contribution is 0.171. The van der Waals surface area contributed by atoms with Gasteiger partial charge in [-0.2, -0.15) is 0 Å². The van der Waals surface area contributed by atoms with Crippen molar-refractivity contribution in [3.63, 3.8) is 0 Å². The molecule has 0 N–H and O–H groups in total. The van der Waals surface area contributed by atoms with E-state index in [1.807, 2.05) is 0 Å². The van der Waals surface area contributed by atoms with Crippen LogP contribution in [0.25, 0.3) is 0 Å². The second-order valence-electron chi connectivity index (χ2n) is 4.88. The van der Waals surface area contributed by atoms with Gasteiger partial charge in [-0.3, -0.25) is 0 Å². The van der Waals surface area contributed by atoms with Crippen LogP contribution in [0.2, 0.25) is 0 Å². The number of likely N-dealkylation sites (N-methyl/N-ethyl adjacent to an activating group) is 2. The van der Waals surface area contributed by atoms with Crippen LogP contribution >= 0.6 is 15.9 Å². The standard InChI is InChI=1S/C13H27BrN2/c1-4-16(5-2)11-10-15(3)13-9-7-6-8-12(13)14/h12-13H,4-11H2,1-3H3. The van der Waals surface area contributed by atoms with Gasteiger partial charge in [0.2, 0.25) is 0 Å². The number of halogens is 1. The third-order valence-corrected chi connectivity index (χ3v) is 4.94. The molecule has 0 bridgehead atoms. The van der Waals surface area contributed by atoms with E-state index in [-0.39, 0.29) is 0 Å². The zero-order valence-corrected chi connectivity index (χ0v) is 12.7. The lowest BCUT2D eigenvalue weighted by Crippen LogP contribution is -2.44. The SMILES string of the molecule is CCN(CC)CCN(C)C1CCCCC1Br. The molecule has 0 radical (unpaired) electrons. The van der Waals surface area contributed by atoms with Gasteiger partial charge in [0.05, 0.1) is 0 Å². The van der Waals surface area contributed by atoms with Crippen molar-refractivity contribution >= 4 is 15.9 Å². The smallest absolute Gasteiger partial charge is 0.0301 e. The van der Waals surface area contributed by atoms with Crippen molar-refractivity contribution in [1.29, 1.82) is 0 Å². The van der Waals surface area contributed by atoms with Crippen molar-refractivity contribution in [3.8, 4) is 0 Å². The van der Waals surface area contributed by atoms with E-state index in [2.05, 4.69) is 46.6 Å². The van der Waals surface area contributed by atoms with Crippen LogP contribution in [0.5, 0.6) is 0 Å². The van der Waals surface area contributed by atoms with Gasteiger partial charge in [-0.05, 0) is 33.0 Å². The summed E-state index contributed by atoms with van der Waals surface area (Å²) in [6, 6.07) is 0.754. The zero-order chi connectivity index (χ0) is 12.0. The Morgan fingerprint density at radius 2 is 1.69 bits per heavy atom. The van der Waals surface area contributed by atoms with Crippen LogP contribution in [0.15, 0.2) is 0 Å². The second-order valence-corrected chi connectivity index (χ2v) is 6.05. The highest BCUT2D eigenvalue weighted by atomic mass is 79.9. The minimum absolute atomic E-state index is 0.711. The van der Waals surface area contributed by atoms with E-state index in [1.165, 1.54) is 51.9 Å². The van der Waals surface area contributed by atoms with Crippen LogP contribution in [-0.4, -0.2) is 53.9 Å². The average molecular weight is 291 g/mol. The predicted molar refractivity (Wildman–Crippen MR) is 75.4 cm³/mol. The van der Waals surface area contributed by atoms with Gasteiger partial charge in [-0.1, -0.05) is 42.6 Å². The molecule has 96 valence electrons. The van der Waals surface area contributed by atoms with Crippen molar-refractivity contribution in [2.45, 2.75) is 50.4 Å². The number of rotatable bonds is 6. The highest BCUT2D eigenvalue weighted by Gasteiger charge is 2.25. The molecule has 0 aromatic carbocycles. The van der Waals surface area contributed by atoms with E-state index in [1.54, 1.807) is 0 Å². The Kier molecular flexibility index (Phi) is 6.94. The number of hydrogen-bond acceptors (Lipinski definition) is 2. The molecule has 1 saturated carbocycles. The predicted octanol–water partition coefficient (Wildman–Crippen LogP) is 2.97. The van der Waals surface area contributed by atoms with Gasteiger partial charge in [0, 0.05) is 24.0 Å². The molecule has 0 saturated heterocycles. The summed E-state index contributed by atoms with van der Waals surface area (Å²) in [5.41, 5.74) is 0. The Balaban J connectivity index is 2.30. The molecule has 3 heteroatoms. The number of hydrogen-bond donors (Lipinski definition) is 0. The Hall–Kier alpha value is 0.400. The Labute approximate surface area is 109 Å². The minimum atomic E-state index is 0.711. The van der Waals surface area contributed by atoms with Crippen LogP contribution in [0.1, 0.15) is 39.5 Å². The molecular weight excluding hydrogens is 264 g/mol. The van der Waals surface area contributed by atoms with Crippen LogP contribution < -0.4 is 0 Å². The van der Waals surface area contributed by atoms with Gasteiger partial charge in [0.25, 0.3) is 0 Å². The van der Waals surface area contributed by atoms with Crippen molar-refractivity contribution in [2.75, 3.05) is 33.2 Å². The Morgan fingerprint density at radius 1 is 1.06 bits per heavy atom. The molecule has 1 fully saturated rings. The van der Waals surface area contributed by atoms with E-state index in [0.717, 1.165) is 6.04 Å². The Morgan fingerprint density at radius 3 is 2.25 bits per heavy atom. The molecule has 0 spiro atoms. The monoisotopic (exact) mass is 290 g/mol. The molecule has 0 aromatic heterocycles. The summed E-state index contributed by atoms with van der Waals surface area (Å²) in [6.45, 7) is 9.25. The first-order valence-electron chi connectivity index (χ1n) is 6.75. The highest BCUT2D eigenvalue weighted by molar-refractivity contribution is 9.09. The Bertz CT molecular complexity index is 183. The van der Waals surface area contributed by atoms with Crippen LogP contribution in [-0.2, 0) is 0 Å². The molecule has 1 aliphatic rings. The summed E-state index contributed by atoms with van der Waals surface area (Å²) in [4.78, 5) is 5.77. The summed E-state index contributed by atoms with van der Waals surface area (Å²) in [5, 5.41) is 0. The van der Waals surface area contributed by atoms with Crippen LogP contribution in [0.3, 0.4) is 0 Å². The molecule has 0 amide bonds. The molecule has 2 nitrogen and oxygen atoms in total. The van der Waals surface area contributed by atoms with Crippen LogP contribution in [0.4, 0.5) is 0 Å². The number of nitrogens with zero attached hydrogens (tertiary/aromatic N) is 2. The molecule has 0 heterocycles. The molecule has 2 atom stereocenters. The molecule has 1 aliphatic carbocycles. The maximum absolute atomic E-state index is 3.84. The number of alkyl halides is 1. The molecule has 1 rings (SSSR count). The average Bonchev–Trinajstić information content (AvgIpc) is 2.30. The first kappa shape index (κ1) is 14.5. The van der Waals surface area contributed by atoms with E-state index in [0.29, 0.717) is 4.83 Å². The van der Waals surface area contributed by atoms with Gasteiger partial charge in [0.15, 0.2) is 0 Å². The third-order valence-electron chi connectivity index (χ3n) is 3.88. The lowest BCUT2D eigenvalue weighted by atomic mass is 9.94. The quantitative estimate of drug-likeness (QED) is 0.694. The maximum atomic E-state index is 3.84.